The molecule has 3 rings (SSSR count). The number of rotatable bonds is 7. The zero-order chi connectivity index (χ0) is 18.7. The SMILES string of the molecule is O=C(CCn1nc(C(F)(F)F)c(Cl)c1C1CC1)NCCN1CCOCC1. The lowest BCUT2D eigenvalue weighted by atomic mass is 10.2. The molecular formula is C16H22ClF3N4O2. The summed E-state index contributed by atoms with van der Waals surface area (Å²) in [5.41, 5.74) is -0.658. The van der Waals surface area contributed by atoms with Gasteiger partial charge in [-0.2, -0.15) is 18.3 Å². The molecule has 1 aromatic heterocycles. The van der Waals surface area contributed by atoms with Crippen molar-refractivity contribution in [1.29, 1.82) is 0 Å². The zero-order valence-corrected chi connectivity index (χ0v) is 15.1. The average molecular weight is 395 g/mol. The number of amides is 1. The van der Waals surface area contributed by atoms with Gasteiger partial charge in [0.2, 0.25) is 5.91 Å². The third-order valence-electron chi connectivity index (χ3n) is 4.57. The van der Waals surface area contributed by atoms with Gasteiger partial charge in [-0.3, -0.25) is 14.4 Å². The van der Waals surface area contributed by atoms with Crippen LogP contribution in [0.25, 0.3) is 0 Å². The summed E-state index contributed by atoms with van der Waals surface area (Å²) in [7, 11) is 0. The van der Waals surface area contributed by atoms with E-state index in [1.165, 1.54) is 4.68 Å². The molecule has 0 aromatic carbocycles. The number of halogens is 4. The highest BCUT2D eigenvalue weighted by Gasteiger charge is 2.41. The summed E-state index contributed by atoms with van der Waals surface area (Å²) in [6, 6.07) is 0. The molecular weight excluding hydrogens is 373 g/mol. The van der Waals surface area contributed by atoms with Gasteiger partial charge in [0.1, 0.15) is 0 Å². The van der Waals surface area contributed by atoms with E-state index in [2.05, 4.69) is 15.3 Å². The first-order chi connectivity index (χ1) is 12.4. The van der Waals surface area contributed by atoms with E-state index in [4.69, 9.17) is 16.3 Å². The van der Waals surface area contributed by atoms with E-state index in [-0.39, 0.29) is 29.8 Å². The molecule has 1 N–H and O–H groups in total. The molecule has 2 fully saturated rings. The number of nitrogens with zero attached hydrogens (tertiary/aromatic N) is 3. The Kier molecular flexibility index (Phi) is 6.09. The second kappa shape index (κ2) is 8.14. The van der Waals surface area contributed by atoms with Gasteiger partial charge in [-0.25, -0.2) is 0 Å². The number of morpholine rings is 1. The quantitative estimate of drug-likeness (QED) is 0.770. The summed E-state index contributed by atoms with van der Waals surface area (Å²) in [4.78, 5) is 14.2. The van der Waals surface area contributed by atoms with Crippen molar-refractivity contribution < 1.29 is 22.7 Å². The lowest BCUT2D eigenvalue weighted by Gasteiger charge is -2.26. The van der Waals surface area contributed by atoms with E-state index in [0.717, 1.165) is 32.5 Å². The third-order valence-corrected chi connectivity index (χ3v) is 4.94. The molecule has 26 heavy (non-hydrogen) atoms. The summed E-state index contributed by atoms with van der Waals surface area (Å²) in [6.07, 6.45) is -2.92. The van der Waals surface area contributed by atoms with Crippen LogP contribution in [0.1, 0.15) is 36.6 Å². The molecule has 0 bridgehead atoms. The molecule has 2 aliphatic rings. The van der Waals surface area contributed by atoms with E-state index in [1.54, 1.807) is 0 Å². The fourth-order valence-corrected chi connectivity index (χ4v) is 3.42. The largest absolute Gasteiger partial charge is 0.436 e. The van der Waals surface area contributed by atoms with Crippen molar-refractivity contribution in [1.82, 2.24) is 20.0 Å². The Balaban J connectivity index is 1.51. The summed E-state index contributed by atoms with van der Waals surface area (Å²) < 4.78 is 45.6. The fourth-order valence-electron chi connectivity index (χ4n) is 3.03. The monoisotopic (exact) mass is 394 g/mol. The van der Waals surface area contributed by atoms with Crippen LogP contribution in [0.3, 0.4) is 0 Å². The Morgan fingerprint density at radius 3 is 2.58 bits per heavy atom. The number of carbonyl (C=O) groups is 1. The summed E-state index contributed by atoms with van der Waals surface area (Å²) in [5, 5.41) is 6.10. The van der Waals surface area contributed by atoms with Crippen molar-refractivity contribution in [2.75, 3.05) is 39.4 Å². The molecule has 1 saturated heterocycles. The van der Waals surface area contributed by atoms with Crippen molar-refractivity contribution in [3.05, 3.63) is 16.4 Å². The molecule has 1 aliphatic carbocycles. The maximum atomic E-state index is 13.0. The van der Waals surface area contributed by atoms with Crippen LogP contribution in [-0.2, 0) is 22.3 Å². The van der Waals surface area contributed by atoms with Crippen molar-refractivity contribution in [3.8, 4) is 0 Å². The van der Waals surface area contributed by atoms with E-state index in [1.807, 2.05) is 0 Å². The second-order valence-electron chi connectivity index (χ2n) is 6.60. The predicted octanol–water partition coefficient (Wildman–Crippen LogP) is 2.27. The number of alkyl halides is 3. The number of nitrogens with one attached hydrogen (secondary N) is 1. The molecule has 1 aromatic rings. The molecule has 0 radical (unpaired) electrons. The molecule has 6 nitrogen and oxygen atoms in total. The van der Waals surface area contributed by atoms with Gasteiger partial charge in [-0.05, 0) is 12.8 Å². The van der Waals surface area contributed by atoms with Crippen LogP contribution in [0.4, 0.5) is 13.2 Å². The molecule has 10 heteroatoms. The minimum Gasteiger partial charge on any atom is -0.379 e. The minimum atomic E-state index is -4.59. The first kappa shape index (κ1) is 19.4. The smallest absolute Gasteiger partial charge is 0.379 e. The standard InChI is InChI=1S/C16H22ClF3N4O2/c17-13-14(11-1-2-11)24(22-15(13)16(18,19)20)5-3-12(25)21-4-6-23-7-9-26-10-8-23/h11H,1-10H2,(H,21,25). The Labute approximate surface area is 154 Å². The Bertz CT molecular complexity index is 640. The number of hydrogen-bond acceptors (Lipinski definition) is 4. The van der Waals surface area contributed by atoms with Crippen molar-refractivity contribution in [2.24, 2.45) is 0 Å². The number of aromatic nitrogens is 2. The number of aryl methyl sites for hydroxylation is 1. The molecule has 1 amide bonds. The molecule has 0 atom stereocenters. The second-order valence-corrected chi connectivity index (χ2v) is 6.97. The van der Waals surface area contributed by atoms with E-state index >= 15 is 0 Å². The summed E-state index contributed by atoms with van der Waals surface area (Å²) >= 11 is 5.91. The molecule has 2 heterocycles. The van der Waals surface area contributed by atoms with Crippen LogP contribution in [0.15, 0.2) is 0 Å². The van der Waals surface area contributed by atoms with E-state index in [0.29, 0.717) is 25.5 Å². The van der Waals surface area contributed by atoms with Crippen LogP contribution < -0.4 is 5.32 Å². The lowest BCUT2D eigenvalue weighted by Crippen LogP contribution is -2.41. The first-order valence-electron chi connectivity index (χ1n) is 8.76. The van der Waals surface area contributed by atoms with Gasteiger partial charge < -0.3 is 10.1 Å². The topological polar surface area (TPSA) is 59.4 Å². The molecule has 146 valence electrons. The predicted molar refractivity (Wildman–Crippen MR) is 89.1 cm³/mol. The maximum Gasteiger partial charge on any atom is 0.436 e. The Morgan fingerprint density at radius 1 is 1.27 bits per heavy atom. The van der Waals surface area contributed by atoms with E-state index < -0.39 is 11.9 Å². The molecule has 0 spiro atoms. The van der Waals surface area contributed by atoms with Gasteiger partial charge in [-0.15, -0.1) is 0 Å². The van der Waals surface area contributed by atoms with Gasteiger partial charge in [0, 0.05) is 38.5 Å². The number of carbonyl (C=O) groups excluding carboxylic acids is 1. The maximum absolute atomic E-state index is 13.0. The highest BCUT2D eigenvalue weighted by molar-refractivity contribution is 6.32. The molecule has 0 unspecified atom stereocenters. The number of hydrogen-bond donors (Lipinski definition) is 1. The first-order valence-corrected chi connectivity index (χ1v) is 9.14. The fraction of sp³-hybridized carbons (Fsp3) is 0.750. The van der Waals surface area contributed by atoms with Gasteiger partial charge in [0.25, 0.3) is 0 Å². The van der Waals surface area contributed by atoms with Crippen molar-refractivity contribution in [2.45, 2.75) is 37.9 Å². The third kappa shape index (κ3) is 4.89. The van der Waals surface area contributed by atoms with Gasteiger partial charge in [0.05, 0.1) is 30.5 Å². The normalized spacial score (nSPS) is 18.9. The van der Waals surface area contributed by atoms with Crippen LogP contribution in [0, 0.1) is 0 Å². The van der Waals surface area contributed by atoms with Crippen molar-refractivity contribution in [3.63, 3.8) is 0 Å². The van der Waals surface area contributed by atoms with E-state index in [9.17, 15) is 18.0 Å². The minimum absolute atomic E-state index is 0.00971. The summed E-state index contributed by atoms with van der Waals surface area (Å²) in [5.74, 6) is -0.198. The van der Waals surface area contributed by atoms with Gasteiger partial charge in [-0.1, -0.05) is 11.6 Å². The van der Waals surface area contributed by atoms with Crippen LogP contribution in [-0.4, -0.2) is 60.0 Å². The highest BCUT2D eigenvalue weighted by Crippen LogP contribution is 2.46. The molecule has 1 saturated carbocycles. The van der Waals surface area contributed by atoms with Crippen LogP contribution >= 0.6 is 11.6 Å². The van der Waals surface area contributed by atoms with Crippen LogP contribution in [0.5, 0.6) is 0 Å². The average Bonchev–Trinajstić information content (AvgIpc) is 3.36. The lowest BCUT2D eigenvalue weighted by molar-refractivity contribution is -0.141. The zero-order valence-electron chi connectivity index (χ0n) is 14.3. The number of ether oxygens (including phenoxy) is 1. The Hall–Kier alpha value is -1.32. The van der Waals surface area contributed by atoms with Crippen LogP contribution in [0.2, 0.25) is 5.02 Å². The van der Waals surface area contributed by atoms with Gasteiger partial charge >= 0.3 is 6.18 Å². The molecule has 1 aliphatic heterocycles. The van der Waals surface area contributed by atoms with Crippen molar-refractivity contribution >= 4 is 17.5 Å². The van der Waals surface area contributed by atoms with Gasteiger partial charge in [0.15, 0.2) is 5.69 Å². The Morgan fingerprint density at radius 2 is 1.96 bits per heavy atom. The summed E-state index contributed by atoms with van der Waals surface area (Å²) in [6.45, 7) is 4.39. The highest BCUT2D eigenvalue weighted by atomic mass is 35.5.